The van der Waals surface area contributed by atoms with Crippen LogP contribution in [0.25, 0.3) is 11.3 Å². The molecule has 0 bridgehead atoms. The topological polar surface area (TPSA) is 72.8 Å². The second-order valence-corrected chi connectivity index (χ2v) is 8.94. The Hall–Kier alpha value is -2.58. The lowest BCUT2D eigenvalue weighted by Gasteiger charge is -2.16. The number of nitro groups is 1. The van der Waals surface area contributed by atoms with Crippen LogP contribution in [0.15, 0.2) is 51.2 Å². The normalized spacial score (nSPS) is 16.0. The number of aromatic nitrogens is 1. The van der Waals surface area contributed by atoms with E-state index in [4.69, 9.17) is 10.1 Å². The zero-order valence-corrected chi connectivity index (χ0v) is 17.8. The third kappa shape index (κ3) is 4.54. The van der Waals surface area contributed by atoms with E-state index in [2.05, 4.69) is 18.4 Å². The number of rotatable bonds is 5. The van der Waals surface area contributed by atoms with Gasteiger partial charge in [0.2, 0.25) is 4.80 Å². The van der Waals surface area contributed by atoms with E-state index >= 15 is 0 Å². The van der Waals surface area contributed by atoms with Gasteiger partial charge in [0.1, 0.15) is 0 Å². The average molecular weight is 427 g/mol. The molecule has 8 heteroatoms. The fraction of sp³-hybridized carbons (Fsp3) is 0.333. The Kier molecular flexibility index (Phi) is 6.01. The molecule has 0 unspecified atom stereocenters. The van der Waals surface area contributed by atoms with Crippen LogP contribution in [0.1, 0.15) is 42.5 Å². The fourth-order valence-electron chi connectivity index (χ4n) is 3.45. The minimum Gasteiger partial charge on any atom is -0.258 e. The standard InChI is InChI=1S/C21H22N4O2S2/c1-15-11-12-28-20(15)13-22-24-19(16-7-9-18(10-8-16)25(26)27)14-29-21(24)23-17-5-3-2-4-6-17/h7-14,17H,2-6H2,1H3. The molecule has 2 aromatic heterocycles. The first kappa shape index (κ1) is 19.7. The van der Waals surface area contributed by atoms with Gasteiger partial charge in [-0.1, -0.05) is 19.3 Å². The predicted molar refractivity (Wildman–Crippen MR) is 119 cm³/mol. The number of thiophene rings is 1. The minimum absolute atomic E-state index is 0.0837. The quantitative estimate of drug-likeness (QED) is 0.302. The van der Waals surface area contributed by atoms with Crippen molar-refractivity contribution in [1.82, 2.24) is 4.68 Å². The zero-order valence-electron chi connectivity index (χ0n) is 16.2. The molecule has 4 rings (SSSR count). The van der Waals surface area contributed by atoms with E-state index in [1.54, 1.807) is 34.8 Å². The van der Waals surface area contributed by atoms with Gasteiger partial charge in [-0.25, -0.2) is 4.68 Å². The highest BCUT2D eigenvalue weighted by Crippen LogP contribution is 2.24. The molecule has 0 aliphatic heterocycles. The molecule has 0 spiro atoms. The molecule has 1 aliphatic rings. The Bertz CT molecular complexity index is 1090. The van der Waals surface area contributed by atoms with E-state index in [0.717, 1.165) is 33.8 Å². The lowest BCUT2D eigenvalue weighted by atomic mass is 9.96. The first-order chi connectivity index (χ1) is 14.1. The van der Waals surface area contributed by atoms with Gasteiger partial charge in [-0.2, -0.15) is 5.10 Å². The summed E-state index contributed by atoms with van der Waals surface area (Å²) in [4.78, 5) is 17.6. The van der Waals surface area contributed by atoms with E-state index in [-0.39, 0.29) is 10.6 Å². The predicted octanol–water partition coefficient (Wildman–Crippen LogP) is 5.61. The van der Waals surface area contributed by atoms with Crippen molar-refractivity contribution in [2.75, 3.05) is 0 Å². The Morgan fingerprint density at radius 3 is 2.55 bits per heavy atom. The summed E-state index contributed by atoms with van der Waals surface area (Å²) in [6.07, 6.45) is 7.87. The second kappa shape index (κ2) is 8.84. The summed E-state index contributed by atoms with van der Waals surface area (Å²) in [6, 6.07) is 9.02. The molecule has 3 aromatic rings. The van der Waals surface area contributed by atoms with Gasteiger partial charge in [0.15, 0.2) is 0 Å². The van der Waals surface area contributed by atoms with Gasteiger partial charge in [-0.15, -0.1) is 22.7 Å². The molecule has 0 radical (unpaired) electrons. The lowest BCUT2D eigenvalue weighted by Crippen LogP contribution is -2.19. The Balaban J connectivity index is 1.76. The first-order valence-electron chi connectivity index (χ1n) is 9.69. The Labute approximate surface area is 177 Å². The number of non-ortho nitro benzene ring substituents is 1. The molecule has 0 saturated heterocycles. The van der Waals surface area contributed by atoms with Crippen molar-refractivity contribution >= 4 is 34.6 Å². The molecule has 0 atom stereocenters. The second-order valence-electron chi connectivity index (χ2n) is 7.15. The van der Waals surface area contributed by atoms with Crippen molar-refractivity contribution < 1.29 is 4.92 Å². The number of hydrogen-bond donors (Lipinski definition) is 0. The van der Waals surface area contributed by atoms with E-state index in [1.165, 1.54) is 37.0 Å². The maximum Gasteiger partial charge on any atom is 0.269 e. The summed E-state index contributed by atoms with van der Waals surface area (Å²) < 4.78 is 1.87. The molecule has 2 heterocycles. The summed E-state index contributed by atoms with van der Waals surface area (Å²) in [7, 11) is 0. The monoisotopic (exact) mass is 426 g/mol. The Morgan fingerprint density at radius 2 is 1.90 bits per heavy atom. The van der Waals surface area contributed by atoms with Gasteiger partial charge in [-0.05, 0) is 48.9 Å². The molecule has 0 N–H and O–H groups in total. The van der Waals surface area contributed by atoms with Gasteiger partial charge >= 0.3 is 0 Å². The summed E-state index contributed by atoms with van der Waals surface area (Å²) in [5.41, 5.74) is 3.06. The van der Waals surface area contributed by atoms with Gasteiger partial charge in [0, 0.05) is 23.1 Å². The number of aryl methyl sites for hydroxylation is 1. The van der Waals surface area contributed by atoms with Crippen molar-refractivity contribution in [2.45, 2.75) is 45.1 Å². The molecular weight excluding hydrogens is 404 g/mol. The number of hydrogen-bond acceptors (Lipinski definition) is 6. The Morgan fingerprint density at radius 1 is 1.14 bits per heavy atom. The van der Waals surface area contributed by atoms with Crippen molar-refractivity contribution in [3.05, 3.63) is 66.4 Å². The molecule has 1 aromatic carbocycles. The average Bonchev–Trinajstić information content (AvgIpc) is 3.33. The number of nitro benzene ring substituents is 1. The molecular formula is C21H22N4O2S2. The highest BCUT2D eigenvalue weighted by molar-refractivity contribution is 7.11. The van der Waals surface area contributed by atoms with Crippen molar-refractivity contribution in [3.63, 3.8) is 0 Å². The van der Waals surface area contributed by atoms with E-state index in [0.29, 0.717) is 6.04 Å². The maximum atomic E-state index is 11.0. The molecule has 29 heavy (non-hydrogen) atoms. The molecule has 6 nitrogen and oxygen atoms in total. The van der Waals surface area contributed by atoms with Crippen LogP contribution in [0.5, 0.6) is 0 Å². The number of benzene rings is 1. The lowest BCUT2D eigenvalue weighted by molar-refractivity contribution is -0.384. The molecule has 1 saturated carbocycles. The highest BCUT2D eigenvalue weighted by atomic mass is 32.1. The van der Waals surface area contributed by atoms with Crippen LogP contribution in [0, 0.1) is 17.0 Å². The summed E-state index contributed by atoms with van der Waals surface area (Å²) in [5, 5.41) is 19.8. The van der Waals surface area contributed by atoms with Crippen molar-refractivity contribution in [3.8, 4) is 11.3 Å². The molecule has 0 amide bonds. The zero-order chi connectivity index (χ0) is 20.2. The van der Waals surface area contributed by atoms with Gasteiger partial charge in [0.25, 0.3) is 5.69 Å². The van der Waals surface area contributed by atoms with Crippen LogP contribution < -0.4 is 4.80 Å². The van der Waals surface area contributed by atoms with Gasteiger partial charge < -0.3 is 0 Å². The highest BCUT2D eigenvalue weighted by Gasteiger charge is 2.14. The van der Waals surface area contributed by atoms with Crippen LogP contribution in [0.2, 0.25) is 0 Å². The van der Waals surface area contributed by atoms with Crippen LogP contribution in [0.4, 0.5) is 5.69 Å². The largest absolute Gasteiger partial charge is 0.269 e. The van der Waals surface area contributed by atoms with Crippen LogP contribution in [0.3, 0.4) is 0 Å². The maximum absolute atomic E-state index is 11.0. The van der Waals surface area contributed by atoms with Gasteiger partial charge in [0.05, 0.1) is 27.8 Å². The smallest absolute Gasteiger partial charge is 0.258 e. The summed E-state index contributed by atoms with van der Waals surface area (Å²) in [6.45, 7) is 2.07. The van der Waals surface area contributed by atoms with Crippen LogP contribution >= 0.6 is 22.7 Å². The fourth-order valence-corrected chi connectivity index (χ4v) is 5.13. The minimum atomic E-state index is -0.382. The number of nitrogens with zero attached hydrogens (tertiary/aromatic N) is 4. The van der Waals surface area contributed by atoms with Crippen molar-refractivity contribution in [1.29, 1.82) is 0 Å². The van der Waals surface area contributed by atoms with Gasteiger partial charge in [-0.3, -0.25) is 15.1 Å². The third-order valence-electron chi connectivity index (χ3n) is 5.12. The third-order valence-corrected chi connectivity index (χ3v) is 6.90. The summed E-state index contributed by atoms with van der Waals surface area (Å²) >= 11 is 3.22. The van der Waals surface area contributed by atoms with E-state index in [9.17, 15) is 10.1 Å². The van der Waals surface area contributed by atoms with E-state index in [1.807, 2.05) is 16.3 Å². The number of thiazole rings is 1. The van der Waals surface area contributed by atoms with Crippen LogP contribution in [-0.2, 0) is 0 Å². The molecule has 1 aliphatic carbocycles. The first-order valence-corrected chi connectivity index (χ1v) is 11.5. The molecule has 150 valence electrons. The van der Waals surface area contributed by atoms with E-state index < -0.39 is 0 Å². The van der Waals surface area contributed by atoms with Crippen LogP contribution in [-0.4, -0.2) is 21.9 Å². The SMILES string of the molecule is Cc1ccsc1C=Nn1c(-c2ccc([N+](=O)[O-])cc2)csc1=NC1CCCCC1. The summed E-state index contributed by atoms with van der Waals surface area (Å²) in [5.74, 6) is 0. The molecule has 1 fully saturated rings. The van der Waals surface area contributed by atoms with Crippen molar-refractivity contribution in [2.24, 2.45) is 10.1 Å².